The van der Waals surface area contributed by atoms with Crippen LogP contribution in [0, 0.1) is 0 Å². The second-order valence-corrected chi connectivity index (χ2v) is 12.4. The van der Waals surface area contributed by atoms with E-state index in [2.05, 4.69) is 91.0 Å². The lowest BCUT2D eigenvalue weighted by Gasteiger charge is -2.16. The van der Waals surface area contributed by atoms with Crippen LogP contribution in [0.3, 0.4) is 0 Å². The highest BCUT2D eigenvalue weighted by Gasteiger charge is 2.19. The largest absolute Gasteiger partial charge is 0.455 e. The van der Waals surface area contributed by atoms with Gasteiger partial charge >= 0.3 is 0 Å². The van der Waals surface area contributed by atoms with Gasteiger partial charge in [-0.25, -0.2) is 15.0 Å². The Morgan fingerprint density at radius 2 is 0.857 bits per heavy atom. The summed E-state index contributed by atoms with van der Waals surface area (Å²) < 4.78 is 6.48. The van der Waals surface area contributed by atoms with E-state index in [1.165, 1.54) is 16.2 Å². The fourth-order valence-electron chi connectivity index (χ4n) is 7.26. The van der Waals surface area contributed by atoms with Crippen molar-refractivity contribution in [3.63, 3.8) is 0 Å². The van der Waals surface area contributed by atoms with Crippen molar-refractivity contribution >= 4 is 54.3 Å². The molecule has 0 fully saturated rings. The molecule has 0 spiro atoms. The number of hydrogen-bond donors (Lipinski definition) is 0. The van der Waals surface area contributed by atoms with Crippen LogP contribution < -0.4 is 0 Å². The van der Waals surface area contributed by atoms with Crippen LogP contribution in [-0.2, 0) is 0 Å². The van der Waals surface area contributed by atoms with Crippen LogP contribution in [-0.4, -0.2) is 15.0 Å². The molecular weight excluding hydrogens is 599 g/mol. The summed E-state index contributed by atoms with van der Waals surface area (Å²) in [5, 5.41) is 9.22. The Morgan fingerprint density at radius 1 is 0.327 bits per heavy atom. The van der Waals surface area contributed by atoms with E-state index in [-0.39, 0.29) is 0 Å². The summed E-state index contributed by atoms with van der Waals surface area (Å²) >= 11 is 0. The average Bonchev–Trinajstić information content (AvgIpc) is 3.57. The summed E-state index contributed by atoms with van der Waals surface area (Å²) in [7, 11) is 0. The molecule has 0 atom stereocenters. The Kier molecular flexibility index (Phi) is 6.15. The number of nitrogens with zero attached hydrogens (tertiary/aromatic N) is 3. The van der Waals surface area contributed by atoms with Crippen LogP contribution >= 0.6 is 0 Å². The van der Waals surface area contributed by atoms with Gasteiger partial charge in [0.15, 0.2) is 17.5 Å². The maximum atomic E-state index is 6.48. The summed E-state index contributed by atoms with van der Waals surface area (Å²) in [4.78, 5) is 15.2. The first-order valence-corrected chi connectivity index (χ1v) is 16.5. The van der Waals surface area contributed by atoms with E-state index in [1.807, 2.05) is 72.8 Å². The average molecular weight is 626 g/mol. The standard InChI is InChI=1S/C45H27N3O/c1-3-13-28(14-4-1)43-46-44(29-15-5-2-6-16-29)48-45(47-43)38-23-12-21-36-33-18-8-7-17-32(33)34-26-25-30(27-39(34)41(36)38)31-20-11-22-37-35-19-9-10-24-40(35)49-42(31)37/h1-27H. The molecule has 10 rings (SSSR count). The lowest BCUT2D eigenvalue weighted by atomic mass is 9.89. The Labute approximate surface area is 282 Å². The molecule has 228 valence electrons. The van der Waals surface area contributed by atoms with Crippen molar-refractivity contribution in [1.29, 1.82) is 0 Å². The first-order valence-electron chi connectivity index (χ1n) is 16.5. The quantitative estimate of drug-likeness (QED) is 0.183. The minimum Gasteiger partial charge on any atom is -0.455 e. The molecule has 4 nitrogen and oxygen atoms in total. The Balaban J connectivity index is 1.29. The van der Waals surface area contributed by atoms with Crippen molar-refractivity contribution in [2.24, 2.45) is 0 Å². The van der Waals surface area contributed by atoms with Gasteiger partial charge in [-0.05, 0) is 44.6 Å². The second kappa shape index (κ2) is 11.0. The van der Waals surface area contributed by atoms with Gasteiger partial charge in [0, 0.05) is 38.4 Å². The third-order valence-electron chi connectivity index (χ3n) is 9.52. The van der Waals surface area contributed by atoms with Crippen molar-refractivity contribution in [2.45, 2.75) is 0 Å². The molecule has 49 heavy (non-hydrogen) atoms. The molecule has 0 unspecified atom stereocenters. The Hall–Kier alpha value is -6.65. The number of aromatic nitrogens is 3. The molecule has 0 saturated heterocycles. The molecule has 0 radical (unpaired) electrons. The number of para-hydroxylation sites is 2. The summed E-state index contributed by atoms with van der Waals surface area (Å²) in [6.45, 7) is 0. The number of fused-ring (bicyclic) bond motifs is 9. The van der Waals surface area contributed by atoms with Gasteiger partial charge in [-0.15, -0.1) is 0 Å². The second-order valence-electron chi connectivity index (χ2n) is 12.4. The lowest BCUT2D eigenvalue weighted by molar-refractivity contribution is 0.670. The lowest BCUT2D eigenvalue weighted by Crippen LogP contribution is -2.00. The topological polar surface area (TPSA) is 51.8 Å². The number of rotatable bonds is 4. The summed E-state index contributed by atoms with van der Waals surface area (Å²) in [6, 6.07) is 56.8. The zero-order valence-corrected chi connectivity index (χ0v) is 26.3. The maximum absolute atomic E-state index is 6.48. The van der Waals surface area contributed by atoms with E-state index in [0.29, 0.717) is 17.5 Å². The number of benzene rings is 8. The van der Waals surface area contributed by atoms with Crippen LogP contribution in [0.5, 0.6) is 0 Å². The fraction of sp³-hybridized carbons (Fsp3) is 0. The monoisotopic (exact) mass is 625 g/mol. The summed E-state index contributed by atoms with van der Waals surface area (Å²) in [6.07, 6.45) is 0. The fourth-order valence-corrected chi connectivity index (χ4v) is 7.26. The highest BCUT2D eigenvalue weighted by molar-refractivity contribution is 6.28. The smallest absolute Gasteiger partial charge is 0.164 e. The molecule has 0 saturated carbocycles. The third-order valence-corrected chi connectivity index (χ3v) is 9.52. The minimum absolute atomic E-state index is 0.639. The van der Waals surface area contributed by atoms with Crippen LogP contribution in [0.2, 0.25) is 0 Å². The van der Waals surface area contributed by atoms with Crippen molar-refractivity contribution in [1.82, 2.24) is 15.0 Å². The van der Waals surface area contributed by atoms with Crippen LogP contribution in [0.4, 0.5) is 0 Å². The predicted octanol–water partition coefficient (Wildman–Crippen LogP) is 11.9. The number of hydrogen-bond acceptors (Lipinski definition) is 4. The zero-order chi connectivity index (χ0) is 32.3. The van der Waals surface area contributed by atoms with E-state index < -0.39 is 0 Å². The van der Waals surface area contributed by atoms with Gasteiger partial charge in [0.2, 0.25) is 0 Å². The normalized spacial score (nSPS) is 11.7. The zero-order valence-electron chi connectivity index (χ0n) is 26.3. The van der Waals surface area contributed by atoms with Crippen LogP contribution in [0.1, 0.15) is 0 Å². The van der Waals surface area contributed by atoms with Crippen molar-refractivity contribution in [3.8, 4) is 45.3 Å². The molecule has 0 aliphatic carbocycles. The molecule has 0 aliphatic rings. The van der Waals surface area contributed by atoms with Gasteiger partial charge in [0.05, 0.1) is 0 Å². The molecular formula is C45H27N3O. The van der Waals surface area contributed by atoms with Gasteiger partial charge in [-0.1, -0.05) is 152 Å². The van der Waals surface area contributed by atoms with Gasteiger partial charge in [-0.3, -0.25) is 0 Å². The van der Waals surface area contributed by atoms with Gasteiger partial charge < -0.3 is 4.42 Å². The molecule has 0 aliphatic heterocycles. The maximum Gasteiger partial charge on any atom is 0.164 e. The molecule has 4 heteroatoms. The van der Waals surface area contributed by atoms with Gasteiger partial charge in [0.1, 0.15) is 11.2 Å². The first-order chi connectivity index (χ1) is 24.3. The van der Waals surface area contributed by atoms with Crippen molar-refractivity contribution in [2.75, 3.05) is 0 Å². The number of furan rings is 1. The summed E-state index contributed by atoms with van der Waals surface area (Å²) in [5.41, 5.74) is 6.79. The van der Waals surface area contributed by atoms with E-state index in [4.69, 9.17) is 19.4 Å². The minimum atomic E-state index is 0.639. The van der Waals surface area contributed by atoms with E-state index in [1.54, 1.807) is 0 Å². The first kappa shape index (κ1) is 27.5. The highest BCUT2D eigenvalue weighted by atomic mass is 16.3. The third kappa shape index (κ3) is 4.42. The molecule has 2 heterocycles. The molecule has 0 N–H and O–H groups in total. The molecule has 2 aromatic heterocycles. The molecule has 0 bridgehead atoms. The van der Waals surface area contributed by atoms with Gasteiger partial charge in [-0.2, -0.15) is 0 Å². The molecule has 8 aromatic carbocycles. The van der Waals surface area contributed by atoms with Crippen LogP contribution in [0.25, 0.3) is 99.5 Å². The highest BCUT2D eigenvalue weighted by Crippen LogP contribution is 2.43. The van der Waals surface area contributed by atoms with E-state index >= 15 is 0 Å². The Bertz CT molecular complexity index is 2820. The van der Waals surface area contributed by atoms with Crippen LogP contribution in [0.15, 0.2) is 168 Å². The predicted molar refractivity (Wildman–Crippen MR) is 201 cm³/mol. The van der Waals surface area contributed by atoms with E-state index in [9.17, 15) is 0 Å². The molecule has 0 amide bonds. The van der Waals surface area contributed by atoms with Gasteiger partial charge in [0.25, 0.3) is 0 Å². The van der Waals surface area contributed by atoms with Crippen molar-refractivity contribution < 1.29 is 4.42 Å². The Morgan fingerprint density at radius 3 is 1.57 bits per heavy atom. The summed E-state index contributed by atoms with van der Waals surface area (Å²) in [5.74, 6) is 1.92. The van der Waals surface area contributed by atoms with Crippen molar-refractivity contribution in [3.05, 3.63) is 164 Å². The molecule has 10 aromatic rings. The van der Waals surface area contributed by atoms with E-state index in [0.717, 1.165) is 65.9 Å². The SMILES string of the molecule is c1ccc(-c2nc(-c3ccccc3)nc(-c3cccc4c5ccccc5c5ccc(-c6cccc7c6oc6ccccc67)cc5c34)n2)cc1.